The number of rotatable bonds is 6. The molecule has 2 N–H and O–H groups in total. The summed E-state index contributed by atoms with van der Waals surface area (Å²) in [5.41, 5.74) is 3.86. The van der Waals surface area contributed by atoms with Crippen LogP contribution in [0.2, 0.25) is 0 Å². The van der Waals surface area contributed by atoms with Crippen LogP contribution in [0.1, 0.15) is 15.9 Å². The van der Waals surface area contributed by atoms with Gasteiger partial charge in [-0.05, 0) is 35.4 Å². The Morgan fingerprint density at radius 3 is 2.45 bits per heavy atom. The minimum absolute atomic E-state index is 0.188. The molecule has 4 rings (SSSR count). The Balaban J connectivity index is 1.57. The van der Waals surface area contributed by atoms with Gasteiger partial charge in [0.05, 0.1) is 18.8 Å². The molecule has 0 radical (unpaired) electrons. The van der Waals surface area contributed by atoms with Crippen LogP contribution in [-0.4, -0.2) is 49.2 Å². The van der Waals surface area contributed by atoms with Crippen molar-refractivity contribution in [3.8, 4) is 11.1 Å². The van der Waals surface area contributed by atoms with E-state index in [0.29, 0.717) is 37.0 Å². The molecule has 0 unspecified atom stereocenters. The lowest BCUT2D eigenvalue weighted by Gasteiger charge is -2.26. The maximum atomic E-state index is 13.2. The monoisotopic (exact) mass is 421 g/mol. The second-order valence-electron chi connectivity index (χ2n) is 7.19. The summed E-state index contributed by atoms with van der Waals surface area (Å²) in [6.45, 7) is 3.36. The number of carbonyl (C=O) groups is 1. The number of amides is 1. The molecule has 0 aliphatic carbocycles. The quantitative estimate of drug-likeness (QED) is 0.637. The zero-order valence-corrected chi connectivity index (χ0v) is 17.3. The highest BCUT2D eigenvalue weighted by Gasteiger charge is 2.15. The molecule has 1 aromatic heterocycles. The molecule has 0 spiro atoms. The van der Waals surface area contributed by atoms with Gasteiger partial charge in [0, 0.05) is 50.3 Å². The Labute approximate surface area is 180 Å². The van der Waals surface area contributed by atoms with Crippen molar-refractivity contribution < 1.29 is 13.9 Å². The fraction of sp³-hybridized carbons (Fsp3) is 0.261. The summed E-state index contributed by atoms with van der Waals surface area (Å²) in [6, 6.07) is 11.8. The summed E-state index contributed by atoms with van der Waals surface area (Å²) < 4.78 is 18.5. The lowest BCUT2D eigenvalue weighted by Crippen LogP contribution is -2.37. The standard InChI is InChI=1S/C23H24FN5O2/c1-25-22(30)20-7-4-17(12-21(20)26-13-16-2-5-19(24)6-3-16)18-14-27-23(28-15-18)29-8-10-31-11-9-29/h2-7,12,14-15,26H,8-11,13H2,1H3,(H,25,30). The van der Waals surface area contributed by atoms with Gasteiger partial charge in [-0.2, -0.15) is 0 Å². The fourth-order valence-electron chi connectivity index (χ4n) is 3.40. The third-order valence-corrected chi connectivity index (χ3v) is 5.15. The number of carbonyl (C=O) groups excluding carboxylic acids is 1. The molecule has 1 amide bonds. The van der Waals surface area contributed by atoms with E-state index in [-0.39, 0.29) is 11.7 Å². The van der Waals surface area contributed by atoms with Crippen LogP contribution in [0.25, 0.3) is 11.1 Å². The molecule has 160 valence electrons. The van der Waals surface area contributed by atoms with Crippen molar-refractivity contribution in [2.75, 3.05) is 43.6 Å². The Kier molecular flexibility index (Phi) is 6.37. The van der Waals surface area contributed by atoms with Crippen LogP contribution < -0.4 is 15.5 Å². The molecule has 2 heterocycles. The third-order valence-electron chi connectivity index (χ3n) is 5.15. The highest BCUT2D eigenvalue weighted by molar-refractivity contribution is 6.00. The predicted molar refractivity (Wildman–Crippen MR) is 118 cm³/mol. The van der Waals surface area contributed by atoms with Crippen molar-refractivity contribution in [2.24, 2.45) is 0 Å². The number of hydrogen-bond acceptors (Lipinski definition) is 6. The average molecular weight is 421 g/mol. The Morgan fingerprint density at radius 2 is 1.77 bits per heavy atom. The Hall–Kier alpha value is -3.52. The van der Waals surface area contributed by atoms with Crippen LogP contribution in [0.5, 0.6) is 0 Å². The Bertz CT molecular complexity index is 1030. The lowest BCUT2D eigenvalue weighted by molar-refractivity contribution is 0.0964. The van der Waals surface area contributed by atoms with E-state index >= 15 is 0 Å². The van der Waals surface area contributed by atoms with Gasteiger partial charge in [0.25, 0.3) is 5.91 Å². The maximum Gasteiger partial charge on any atom is 0.253 e. The smallest absolute Gasteiger partial charge is 0.253 e. The predicted octanol–water partition coefficient (Wildman–Crippen LogP) is 3.09. The van der Waals surface area contributed by atoms with Crippen LogP contribution in [-0.2, 0) is 11.3 Å². The first-order valence-electron chi connectivity index (χ1n) is 10.1. The van der Waals surface area contributed by atoms with Gasteiger partial charge < -0.3 is 20.3 Å². The van der Waals surface area contributed by atoms with Crippen LogP contribution in [0, 0.1) is 5.82 Å². The number of anilines is 2. The molecule has 1 saturated heterocycles. The van der Waals surface area contributed by atoms with Crippen LogP contribution in [0.15, 0.2) is 54.9 Å². The van der Waals surface area contributed by atoms with Crippen LogP contribution in [0.4, 0.5) is 16.0 Å². The van der Waals surface area contributed by atoms with Crippen molar-refractivity contribution in [2.45, 2.75) is 6.54 Å². The summed E-state index contributed by atoms with van der Waals surface area (Å²) in [6.07, 6.45) is 3.58. The summed E-state index contributed by atoms with van der Waals surface area (Å²) in [4.78, 5) is 23.4. The van der Waals surface area contributed by atoms with E-state index < -0.39 is 0 Å². The highest BCUT2D eigenvalue weighted by atomic mass is 19.1. The minimum Gasteiger partial charge on any atom is -0.380 e. The molecule has 7 nitrogen and oxygen atoms in total. The fourth-order valence-corrected chi connectivity index (χ4v) is 3.40. The Morgan fingerprint density at radius 1 is 1.06 bits per heavy atom. The van der Waals surface area contributed by atoms with Crippen molar-refractivity contribution in [1.29, 1.82) is 0 Å². The summed E-state index contributed by atoms with van der Waals surface area (Å²) >= 11 is 0. The van der Waals surface area contributed by atoms with Gasteiger partial charge in [0.1, 0.15) is 5.82 Å². The number of hydrogen-bond donors (Lipinski definition) is 2. The summed E-state index contributed by atoms with van der Waals surface area (Å²) in [5, 5.41) is 5.95. The molecule has 1 aliphatic heterocycles. The molecule has 2 aromatic carbocycles. The SMILES string of the molecule is CNC(=O)c1ccc(-c2cnc(N3CCOCC3)nc2)cc1NCc1ccc(F)cc1. The van der Waals surface area contributed by atoms with E-state index in [2.05, 4.69) is 25.5 Å². The van der Waals surface area contributed by atoms with Crippen molar-refractivity contribution >= 4 is 17.5 Å². The molecular weight excluding hydrogens is 397 g/mol. The molecule has 0 atom stereocenters. The van der Waals surface area contributed by atoms with E-state index in [9.17, 15) is 9.18 Å². The van der Waals surface area contributed by atoms with Crippen molar-refractivity contribution in [1.82, 2.24) is 15.3 Å². The average Bonchev–Trinajstić information content (AvgIpc) is 2.84. The zero-order valence-electron chi connectivity index (χ0n) is 17.3. The number of nitrogens with one attached hydrogen (secondary N) is 2. The minimum atomic E-state index is -0.280. The number of aromatic nitrogens is 2. The summed E-state index contributed by atoms with van der Waals surface area (Å²) in [5.74, 6) is 0.216. The van der Waals surface area contributed by atoms with E-state index in [0.717, 1.165) is 29.8 Å². The second-order valence-corrected chi connectivity index (χ2v) is 7.19. The summed E-state index contributed by atoms with van der Waals surface area (Å²) in [7, 11) is 1.60. The lowest BCUT2D eigenvalue weighted by atomic mass is 10.0. The normalized spacial score (nSPS) is 13.7. The second kappa shape index (κ2) is 9.53. The first kappa shape index (κ1) is 20.7. The van der Waals surface area contributed by atoms with E-state index in [1.54, 1.807) is 37.6 Å². The molecule has 0 bridgehead atoms. The van der Waals surface area contributed by atoms with Gasteiger partial charge >= 0.3 is 0 Å². The van der Waals surface area contributed by atoms with Gasteiger partial charge in [0.15, 0.2) is 0 Å². The molecule has 0 saturated carbocycles. The highest BCUT2D eigenvalue weighted by Crippen LogP contribution is 2.26. The number of ether oxygens (including phenoxy) is 1. The van der Waals surface area contributed by atoms with E-state index in [1.165, 1.54) is 12.1 Å². The van der Waals surface area contributed by atoms with Crippen molar-refractivity contribution in [3.63, 3.8) is 0 Å². The van der Waals surface area contributed by atoms with Crippen LogP contribution in [0.3, 0.4) is 0 Å². The largest absolute Gasteiger partial charge is 0.380 e. The first-order chi connectivity index (χ1) is 15.1. The van der Waals surface area contributed by atoms with Gasteiger partial charge in [0.2, 0.25) is 5.95 Å². The van der Waals surface area contributed by atoms with Gasteiger partial charge in [-0.15, -0.1) is 0 Å². The molecule has 1 aliphatic rings. The van der Waals surface area contributed by atoms with Gasteiger partial charge in [-0.3, -0.25) is 4.79 Å². The maximum absolute atomic E-state index is 13.2. The molecular formula is C23H24FN5O2. The number of halogens is 1. The van der Waals surface area contributed by atoms with E-state index in [4.69, 9.17) is 4.74 Å². The van der Waals surface area contributed by atoms with Gasteiger partial charge in [-0.25, -0.2) is 14.4 Å². The molecule has 1 fully saturated rings. The van der Waals surface area contributed by atoms with Crippen molar-refractivity contribution in [3.05, 3.63) is 71.8 Å². The zero-order chi connectivity index (χ0) is 21.6. The van der Waals surface area contributed by atoms with Crippen LogP contribution >= 0.6 is 0 Å². The molecule has 31 heavy (non-hydrogen) atoms. The molecule has 8 heteroatoms. The van der Waals surface area contributed by atoms with Gasteiger partial charge in [-0.1, -0.05) is 18.2 Å². The topological polar surface area (TPSA) is 79.4 Å². The third kappa shape index (κ3) is 4.97. The molecule has 3 aromatic rings. The number of benzene rings is 2. The first-order valence-corrected chi connectivity index (χ1v) is 10.1. The number of morpholine rings is 1. The van der Waals surface area contributed by atoms with E-state index in [1.807, 2.05) is 12.1 Å². The number of nitrogens with zero attached hydrogens (tertiary/aromatic N) is 3.